The van der Waals surface area contributed by atoms with E-state index in [-0.39, 0.29) is 17.4 Å². The summed E-state index contributed by atoms with van der Waals surface area (Å²) in [5.74, 6) is -2.51. The largest absolute Gasteiger partial charge is 0.493 e. The highest BCUT2D eigenvalue weighted by atomic mass is 19.1. The summed E-state index contributed by atoms with van der Waals surface area (Å²) in [6.07, 6.45) is 4.60. The van der Waals surface area contributed by atoms with Gasteiger partial charge in [0.25, 0.3) is 0 Å². The van der Waals surface area contributed by atoms with Crippen LogP contribution in [0.5, 0.6) is 11.5 Å². The van der Waals surface area contributed by atoms with Crippen LogP contribution in [-0.4, -0.2) is 25.1 Å². The van der Waals surface area contributed by atoms with Crippen molar-refractivity contribution < 1.29 is 23.0 Å². The number of hydrogen-bond acceptors (Lipinski definition) is 4. The second-order valence-corrected chi connectivity index (χ2v) is 6.65. The van der Waals surface area contributed by atoms with E-state index in [9.17, 15) is 13.6 Å². The number of pyridine rings is 1. The summed E-state index contributed by atoms with van der Waals surface area (Å²) < 4.78 is 40.0. The summed E-state index contributed by atoms with van der Waals surface area (Å²) in [4.78, 5) is 18.6. The first kappa shape index (κ1) is 16.8. The first-order valence-corrected chi connectivity index (χ1v) is 8.34. The predicted octanol–water partition coefficient (Wildman–Crippen LogP) is 3.52. The number of carbonyl (C=O) groups excluding carboxylic acids is 1. The number of amides is 1. The molecule has 0 N–H and O–H groups in total. The first-order chi connectivity index (χ1) is 12.5. The molecule has 2 heterocycles. The van der Waals surface area contributed by atoms with Crippen LogP contribution in [0.4, 0.5) is 14.5 Å². The average Bonchev–Trinajstić information content (AvgIpc) is 3.45. The van der Waals surface area contributed by atoms with Gasteiger partial charge in [0.15, 0.2) is 23.1 Å². The summed E-state index contributed by atoms with van der Waals surface area (Å²) >= 11 is 0. The molecule has 1 amide bonds. The second-order valence-electron chi connectivity index (χ2n) is 6.65. The third-order valence-electron chi connectivity index (χ3n) is 5.37. The van der Waals surface area contributed by atoms with Crippen molar-refractivity contribution in [3.05, 3.63) is 47.3 Å². The fourth-order valence-corrected chi connectivity index (χ4v) is 3.82. The molecular formula is C19H18F2N2O3. The lowest BCUT2D eigenvalue weighted by Crippen LogP contribution is -2.47. The van der Waals surface area contributed by atoms with Crippen molar-refractivity contribution in [2.24, 2.45) is 0 Å². The van der Waals surface area contributed by atoms with E-state index < -0.39 is 28.8 Å². The molecule has 0 bridgehead atoms. The summed E-state index contributed by atoms with van der Waals surface area (Å²) in [6.45, 7) is 1.73. The van der Waals surface area contributed by atoms with Crippen LogP contribution in [0.2, 0.25) is 0 Å². The van der Waals surface area contributed by atoms with Crippen LogP contribution in [0, 0.1) is 11.6 Å². The van der Waals surface area contributed by atoms with E-state index in [0.29, 0.717) is 12.8 Å². The lowest BCUT2D eigenvalue weighted by atomic mass is 9.83. The summed E-state index contributed by atoms with van der Waals surface area (Å²) in [6, 6.07) is 2.39. The molecule has 5 nitrogen and oxygen atoms in total. The van der Waals surface area contributed by atoms with Gasteiger partial charge in [0.05, 0.1) is 25.7 Å². The number of methoxy groups -OCH3 is 2. The minimum absolute atomic E-state index is 0.180. The van der Waals surface area contributed by atoms with Crippen LogP contribution in [0.15, 0.2) is 24.5 Å². The van der Waals surface area contributed by atoms with Gasteiger partial charge in [-0.25, -0.2) is 8.78 Å². The Kier molecular flexibility index (Phi) is 3.64. The van der Waals surface area contributed by atoms with Crippen molar-refractivity contribution in [2.75, 3.05) is 19.1 Å². The molecule has 2 aliphatic rings. The number of fused-ring (bicyclic) bond motifs is 2. The number of anilines is 1. The Morgan fingerprint density at radius 1 is 1.19 bits per heavy atom. The quantitative estimate of drug-likeness (QED) is 0.840. The number of halogens is 2. The van der Waals surface area contributed by atoms with Crippen molar-refractivity contribution in [3.63, 3.8) is 0 Å². The molecule has 1 aromatic heterocycles. The maximum absolute atomic E-state index is 15.0. The summed E-state index contributed by atoms with van der Waals surface area (Å²) in [7, 11) is 2.56. The number of aromatic nitrogens is 1. The molecule has 1 aliphatic carbocycles. The third kappa shape index (κ3) is 2.06. The number of hydrogen-bond donors (Lipinski definition) is 0. The summed E-state index contributed by atoms with van der Waals surface area (Å²) in [5.41, 5.74) is 0.529. The smallest absolute Gasteiger partial charge is 0.238 e. The van der Waals surface area contributed by atoms with Crippen molar-refractivity contribution in [1.82, 2.24) is 4.98 Å². The van der Waals surface area contributed by atoms with E-state index in [4.69, 9.17) is 9.47 Å². The summed E-state index contributed by atoms with van der Waals surface area (Å²) in [5, 5.41) is 0. The van der Waals surface area contributed by atoms with Gasteiger partial charge in [-0.1, -0.05) is 0 Å². The van der Waals surface area contributed by atoms with Crippen LogP contribution in [0.3, 0.4) is 0 Å². The molecule has 2 aromatic rings. The molecule has 0 saturated heterocycles. The van der Waals surface area contributed by atoms with E-state index in [0.717, 1.165) is 17.2 Å². The lowest BCUT2D eigenvalue weighted by molar-refractivity contribution is -0.122. The minimum Gasteiger partial charge on any atom is -0.493 e. The number of nitrogens with zero attached hydrogens (tertiary/aromatic N) is 2. The molecule has 1 aromatic carbocycles. The van der Waals surface area contributed by atoms with E-state index in [2.05, 4.69) is 4.98 Å². The Labute approximate surface area is 149 Å². The normalized spacial score (nSPS) is 20.1. The van der Waals surface area contributed by atoms with Crippen LogP contribution >= 0.6 is 0 Å². The number of rotatable bonds is 3. The van der Waals surface area contributed by atoms with Crippen LogP contribution in [0.1, 0.15) is 36.9 Å². The highest BCUT2D eigenvalue weighted by Crippen LogP contribution is 2.57. The van der Waals surface area contributed by atoms with Crippen LogP contribution in [0.25, 0.3) is 0 Å². The van der Waals surface area contributed by atoms with Crippen molar-refractivity contribution >= 4 is 11.6 Å². The molecule has 1 saturated carbocycles. The van der Waals surface area contributed by atoms with Gasteiger partial charge in [0, 0.05) is 18.5 Å². The fraction of sp³-hybridized carbons (Fsp3) is 0.368. The third-order valence-corrected chi connectivity index (χ3v) is 5.37. The maximum Gasteiger partial charge on any atom is 0.238 e. The molecule has 4 rings (SSSR count). The van der Waals surface area contributed by atoms with Gasteiger partial charge < -0.3 is 9.47 Å². The first-order valence-electron chi connectivity index (χ1n) is 8.34. The zero-order valence-electron chi connectivity index (χ0n) is 14.7. The molecule has 1 spiro atoms. The fourth-order valence-electron chi connectivity index (χ4n) is 3.82. The van der Waals surface area contributed by atoms with Gasteiger partial charge in [0.1, 0.15) is 5.69 Å². The zero-order chi connectivity index (χ0) is 18.6. The number of benzene rings is 1. The predicted molar refractivity (Wildman–Crippen MR) is 90.5 cm³/mol. The zero-order valence-corrected chi connectivity index (χ0v) is 14.7. The Morgan fingerprint density at radius 3 is 2.35 bits per heavy atom. The molecule has 1 fully saturated rings. The van der Waals surface area contributed by atoms with E-state index in [1.165, 1.54) is 19.1 Å². The molecule has 136 valence electrons. The van der Waals surface area contributed by atoms with Gasteiger partial charge in [-0.05, 0) is 37.0 Å². The average molecular weight is 360 g/mol. The number of ether oxygens (including phenoxy) is 2. The van der Waals surface area contributed by atoms with Gasteiger partial charge in [-0.15, -0.1) is 0 Å². The van der Waals surface area contributed by atoms with Crippen molar-refractivity contribution in [1.29, 1.82) is 0 Å². The second kappa shape index (κ2) is 5.65. The van der Waals surface area contributed by atoms with E-state index in [1.807, 2.05) is 6.07 Å². The standard InChI is InChI=1S/C19H18F2N2O3/c1-10-11-9-22-7-4-12(11)19(5-6-19)18(24)23(10)17-15(20)13(25-2)8-14(26-3)16(17)21/h4,7-10H,5-6H2,1-3H3. The Balaban J connectivity index is 1.96. The van der Waals surface area contributed by atoms with Crippen molar-refractivity contribution in [3.8, 4) is 11.5 Å². The molecule has 1 unspecified atom stereocenters. The monoisotopic (exact) mass is 360 g/mol. The SMILES string of the molecule is COc1cc(OC)c(F)c(N2C(=O)C3(CC3)c3ccncc3C2C)c1F. The van der Waals surface area contributed by atoms with Gasteiger partial charge in [0.2, 0.25) is 5.91 Å². The Morgan fingerprint density at radius 2 is 1.81 bits per heavy atom. The van der Waals surface area contributed by atoms with Gasteiger partial charge >= 0.3 is 0 Å². The minimum atomic E-state index is -0.922. The highest BCUT2D eigenvalue weighted by molar-refractivity contribution is 6.06. The van der Waals surface area contributed by atoms with Gasteiger partial charge in [-0.2, -0.15) is 0 Å². The maximum atomic E-state index is 15.0. The molecule has 7 heteroatoms. The van der Waals surface area contributed by atoms with Crippen LogP contribution in [-0.2, 0) is 10.2 Å². The van der Waals surface area contributed by atoms with E-state index in [1.54, 1.807) is 19.3 Å². The van der Waals surface area contributed by atoms with Crippen LogP contribution < -0.4 is 14.4 Å². The van der Waals surface area contributed by atoms with E-state index >= 15 is 0 Å². The molecule has 0 radical (unpaired) electrons. The Bertz CT molecular complexity index is 884. The Hall–Kier alpha value is -2.70. The molecular weight excluding hydrogens is 342 g/mol. The molecule has 1 atom stereocenters. The molecule has 26 heavy (non-hydrogen) atoms. The number of carbonyl (C=O) groups is 1. The van der Waals surface area contributed by atoms with Crippen molar-refractivity contribution in [2.45, 2.75) is 31.2 Å². The highest BCUT2D eigenvalue weighted by Gasteiger charge is 2.59. The lowest BCUT2D eigenvalue weighted by Gasteiger charge is -2.39. The molecule has 1 aliphatic heterocycles. The topological polar surface area (TPSA) is 51.7 Å². The van der Waals surface area contributed by atoms with Gasteiger partial charge in [-0.3, -0.25) is 14.7 Å².